The van der Waals surface area contributed by atoms with Gasteiger partial charge in [0.15, 0.2) is 0 Å². The van der Waals surface area contributed by atoms with E-state index in [1.54, 1.807) is 0 Å². The number of aromatic nitrogens is 2. The first-order valence-electron chi connectivity index (χ1n) is 6.39. The van der Waals surface area contributed by atoms with Crippen LogP contribution in [0, 0.1) is 12.7 Å². The van der Waals surface area contributed by atoms with Crippen molar-refractivity contribution in [3.63, 3.8) is 0 Å². The number of benzene rings is 1. The van der Waals surface area contributed by atoms with Gasteiger partial charge in [-0.2, -0.15) is 0 Å². The molecule has 20 heavy (non-hydrogen) atoms. The molecule has 0 saturated carbocycles. The van der Waals surface area contributed by atoms with Crippen molar-refractivity contribution in [1.82, 2.24) is 9.97 Å². The van der Waals surface area contributed by atoms with Crippen LogP contribution >= 0.6 is 11.6 Å². The first kappa shape index (κ1) is 14.5. The summed E-state index contributed by atoms with van der Waals surface area (Å²) < 4.78 is 13.7. The van der Waals surface area contributed by atoms with Crippen molar-refractivity contribution >= 4 is 28.9 Å². The highest BCUT2D eigenvalue weighted by atomic mass is 35.5. The van der Waals surface area contributed by atoms with Crippen LogP contribution in [0.15, 0.2) is 24.5 Å². The van der Waals surface area contributed by atoms with Crippen molar-refractivity contribution in [3.8, 4) is 0 Å². The highest BCUT2D eigenvalue weighted by Crippen LogP contribution is 2.26. The molecule has 0 radical (unpaired) electrons. The van der Waals surface area contributed by atoms with E-state index in [0.717, 1.165) is 24.3 Å². The molecule has 0 unspecified atom stereocenters. The zero-order valence-electron chi connectivity index (χ0n) is 11.4. The molecule has 0 bridgehead atoms. The van der Waals surface area contributed by atoms with Gasteiger partial charge in [-0.15, -0.1) is 0 Å². The van der Waals surface area contributed by atoms with Gasteiger partial charge >= 0.3 is 0 Å². The van der Waals surface area contributed by atoms with Crippen molar-refractivity contribution in [3.05, 3.63) is 40.9 Å². The van der Waals surface area contributed by atoms with Crippen molar-refractivity contribution in [2.75, 3.05) is 17.2 Å². The number of hydrogen-bond donors (Lipinski definition) is 2. The third-order valence-corrected chi connectivity index (χ3v) is 3.04. The van der Waals surface area contributed by atoms with Crippen LogP contribution in [0.3, 0.4) is 0 Å². The van der Waals surface area contributed by atoms with Gasteiger partial charge in [0, 0.05) is 17.1 Å². The molecular weight excluding hydrogens is 279 g/mol. The third kappa shape index (κ3) is 3.36. The van der Waals surface area contributed by atoms with Crippen LogP contribution < -0.4 is 10.6 Å². The zero-order valence-corrected chi connectivity index (χ0v) is 12.1. The summed E-state index contributed by atoms with van der Waals surface area (Å²) >= 11 is 5.87. The van der Waals surface area contributed by atoms with Crippen LogP contribution in [0.25, 0.3) is 0 Å². The average molecular weight is 295 g/mol. The van der Waals surface area contributed by atoms with E-state index in [-0.39, 0.29) is 5.82 Å². The Morgan fingerprint density at radius 2 is 2.00 bits per heavy atom. The summed E-state index contributed by atoms with van der Waals surface area (Å²) in [6.07, 6.45) is 2.44. The average Bonchev–Trinajstić information content (AvgIpc) is 2.44. The lowest BCUT2D eigenvalue weighted by Gasteiger charge is -2.13. The highest BCUT2D eigenvalue weighted by molar-refractivity contribution is 6.30. The second-order valence-electron chi connectivity index (χ2n) is 4.37. The Morgan fingerprint density at radius 3 is 2.75 bits per heavy atom. The fraction of sp³-hybridized carbons (Fsp3) is 0.286. The van der Waals surface area contributed by atoms with E-state index in [1.165, 1.54) is 24.5 Å². The topological polar surface area (TPSA) is 49.8 Å². The predicted octanol–water partition coefficient (Wildman–Crippen LogP) is 4.14. The Labute approximate surface area is 122 Å². The van der Waals surface area contributed by atoms with E-state index < -0.39 is 0 Å². The molecule has 1 heterocycles. The van der Waals surface area contributed by atoms with Gasteiger partial charge in [-0.1, -0.05) is 18.5 Å². The van der Waals surface area contributed by atoms with E-state index >= 15 is 0 Å². The maximum atomic E-state index is 13.7. The molecule has 2 N–H and O–H groups in total. The normalized spacial score (nSPS) is 10.4. The van der Waals surface area contributed by atoms with Crippen LogP contribution in [0.5, 0.6) is 0 Å². The highest BCUT2D eigenvalue weighted by Gasteiger charge is 2.09. The molecule has 0 aliphatic heterocycles. The monoisotopic (exact) mass is 294 g/mol. The third-order valence-electron chi connectivity index (χ3n) is 2.81. The summed E-state index contributed by atoms with van der Waals surface area (Å²) in [5, 5.41) is 6.61. The maximum absolute atomic E-state index is 13.7. The molecule has 0 aliphatic rings. The Hall–Kier alpha value is -1.88. The van der Waals surface area contributed by atoms with Crippen LogP contribution in [0.4, 0.5) is 21.7 Å². The second kappa shape index (κ2) is 6.52. The Morgan fingerprint density at radius 1 is 1.25 bits per heavy atom. The van der Waals surface area contributed by atoms with Crippen LogP contribution in [-0.2, 0) is 0 Å². The molecule has 0 saturated heterocycles. The number of nitrogens with one attached hydrogen (secondary N) is 2. The lowest BCUT2D eigenvalue weighted by atomic mass is 10.2. The van der Waals surface area contributed by atoms with Crippen molar-refractivity contribution < 1.29 is 4.39 Å². The molecule has 2 aromatic rings. The van der Waals surface area contributed by atoms with E-state index in [1.807, 2.05) is 6.92 Å². The zero-order chi connectivity index (χ0) is 14.5. The van der Waals surface area contributed by atoms with E-state index in [2.05, 4.69) is 27.5 Å². The quantitative estimate of drug-likeness (QED) is 0.870. The SMILES string of the molecule is CCCNc1ncnc(Nc2cc(Cl)ccc2F)c1C. The molecule has 6 heteroatoms. The summed E-state index contributed by atoms with van der Waals surface area (Å²) in [4.78, 5) is 8.32. The number of nitrogens with zero attached hydrogens (tertiary/aromatic N) is 2. The van der Waals surface area contributed by atoms with E-state index in [4.69, 9.17) is 11.6 Å². The summed E-state index contributed by atoms with van der Waals surface area (Å²) in [6, 6.07) is 4.35. The van der Waals surface area contributed by atoms with Gasteiger partial charge in [-0.25, -0.2) is 14.4 Å². The molecule has 106 valence electrons. The summed E-state index contributed by atoms with van der Waals surface area (Å²) in [7, 11) is 0. The van der Waals surface area contributed by atoms with Crippen molar-refractivity contribution in [1.29, 1.82) is 0 Å². The van der Waals surface area contributed by atoms with Crippen LogP contribution in [0.1, 0.15) is 18.9 Å². The Bertz CT molecular complexity index is 604. The maximum Gasteiger partial charge on any atom is 0.146 e. The molecule has 1 aromatic heterocycles. The predicted molar refractivity (Wildman–Crippen MR) is 80.2 cm³/mol. The number of halogens is 2. The molecule has 0 spiro atoms. The summed E-state index contributed by atoms with van der Waals surface area (Å²) in [6.45, 7) is 4.77. The van der Waals surface area contributed by atoms with Crippen molar-refractivity contribution in [2.24, 2.45) is 0 Å². The Kier molecular flexibility index (Phi) is 4.74. The second-order valence-corrected chi connectivity index (χ2v) is 4.81. The molecular formula is C14H16ClFN4. The Balaban J connectivity index is 2.27. The molecule has 0 fully saturated rings. The summed E-state index contributed by atoms with van der Waals surface area (Å²) in [5.74, 6) is 0.919. The van der Waals surface area contributed by atoms with Crippen LogP contribution in [0.2, 0.25) is 5.02 Å². The van der Waals surface area contributed by atoms with Gasteiger partial charge in [0.2, 0.25) is 0 Å². The molecule has 4 nitrogen and oxygen atoms in total. The first-order valence-corrected chi connectivity index (χ1v) is 6.77. The molecule has 2 rings (SSSR count). The van der Waals surface area contributed by atoms with Gasteiger partial charge in [-0.3, -0.25) is 0 Å². The largest absolute Gasteiger partial charge is 0.370 e. The minimum Gasteiger partial charge on any atom is -0.370 e. The minimum atomic E-state index is -0.379. The van der Waals surface area contributed by atoms with Gasteiger partial charge < -0.3 is 10.6 Å². The standard InChI is InChI=1S/C14H16ClFN4/c1-3-6-17-13-9(2)14(19-8-18-13)20-12-7-10(15)4-5-11(12)16/h4-5,7-8H,3,6H2,1-2H3,(H2,17,18,19,20). The lowest BCUT2D eigenvalue weighted by Crippen LogP contribution is -2.07. The number of anilines is 3. The fourth-order valence-electron chi connectivity index (χ4n) is 1.72. The van der Waals surface area contributed by atoms with Crippen molar-refractivity contribution in [2.45, 2.75) is 20.3 Å². The van der Waals surface area contributed by atoms with Gasteiger partial charge in [0.25, 0.3) is 0 Å². The smallest absolute Gasteiger partial charge is 0.146 e. The van der Waals surface area contributed by atoms with Gasteiger partial charge in [-0.05, 0) is 31.5 Å². The molecule has 0 aliphatic carbocycles. The molecule has 0 atom stereocenters. The van der Waals surface area contributed by atoms with Gasteiger partial charge in [0.1, 0.15) is 23.8 Å². The van der Waals surface area contributed by atoms with Gasteiger partial charge in [0.05, 0.1) is 5.69 Å². The van der Waals surface area contributed by atoms with E-state index in [0.29, 0.717) is 16.5 Å². The number of rotatable bonds is 5. The van der Waals surface area contributed by atoms with E-state index in [9.17, 15) is 4.39 Å². The summed E-state index contributed by atoms with van der Waals surface area (Å²) in [5.41, 5.74) is 1.13. The number of hydrogen-bond acceptors (Lipinski definition) is 4. The first-order chi connectivity index (χ1) is 9.61. The lowest BCUT2D eigenvalue weighted by molar-refractivity contribution is 0.632. The molecule has 0 amide bonds. The minimum absolute atomic E-state index is 0.292. The molecule has 1 aromatic carbocycles. The van der Waals surface area contributed by atoms with Crippen LogP contribution in [-0.4, -0.2) is 16.5 Å². The fourth-order valence-corrected chi connectivity index (χ4v) is 1.89.